The Morgan fingerprint density at radius 1 is 1.28 bits per heavy atom. The number of hydrogen-bond acceptors (Lipinski definition) is 5. The maximum absolute atomic E-state index is 12.6. The zero-order valence-corrected chi connectivity index (χ0v) is 14.7. The number of benzene rings is 1. The third-order valence-electron chi connectivity index (χ3n) is 4.35. The lowest BCUT2D eigenvalue weighted by Crippen LogP contribution is -2.48. The predicted molar refractivity (Wildman–Crippen MR) is 88.4 cm³/mol. The van der Waals surface area contributed by atoms with E-state index in [1.54, 1.807) is 23.0 Å². The minimum atomic E-state index is -4.58. The normalized spacial score (nSPS) is 21.7. The summed E-state index contributed by atoms with van der Waals surface area (Å²) in [6.07, 6.45) is 3.64. The summed E-state index contributed by atoms with van der Waals surface area (Å²) in [5.74, 6) is -3.42. The van der Waals surface area contributed by atoms with E-state index in [4.69, 9.17) is 4.74 Å². The van der Waals surface area contributed by atoms with Crippen LogP contribution in [0.1, 0.15) is 12.5 Å². The number of ether oxygens (including phenoxy) is 1. The molecule has 25 heavy (non-hydrogen) atoms. The molecule has 0 bridgehead atoms. The standard InChI is InChI=1S/C16H19F2N3O3S/c1-16(12-9-19-20(2)10-12)11-21(7-8-24-16)13-3-5-14(6-4-13)25(22,23)15(17)18/h3-6,9-10,15H,7-8,11H2,1-2H3. The van der Waals surface area contributed by atoms with Crippen LogP contribution in [0.25, 0.3) is 0 Å². The van der Waals surface area contributed by atoms with Crippen LogP contribution in [0.2, 0.25) is 0 Å². The quantitative estimate of drug-likeness (QED) is 0.824. The van der Waals surface area contributed by atoms with Crippen molar-refractivity contribution < 1.29 is 21.9 Å². The molecule has 1 unspecified atom stereocenters. The van der Waals surface area contributed by atoms with Gasteiger partial charge in [0, 0.05) is 31.0 Å². The van der Waals surface area contributed by atoms with Crippen molar-refractivity contribution in [3.05, 3.63) is 42.2 Å². The van der Waals surface area contributed by atoms with E-state index in [0.29, 0.717) is 19.7 Å². The largest absolute Gasteiger partial charge is 0.367 e. The predicted octanol–water partition coefficient (Wildman–Crippen LogP) is 2.17. The van der Waals surface area contributed by atoms with E-state index in [1.165, 1.54) is 12.1 Å². The second-order valence-corrected chi connectivity index (χ2v) is 8.12. The number of morpholine rings is 1. The third-order valence-corrected chi connectivity index (χ3v) is 5.75. The van der Waals surface area contributed by atoms with E-state index in [2.05, 4.69) is 5.10 Å². The van der Waals surface area contributed by atoms with Gasteiger partial charge in [-0.2, -0.15) is 13.9 Å². The number of rotatable bonds is 4. The summed E-state index contributed by atoms with van der Waals surface area (Å²) in [6.45, 7) is 3.62. The van der Waals surface area contributed by atoms with Gasteiger partial charge < -0.3 is 9.64 Å². The second kappa shape index (κ2) is 6.38. The van der Waals surface area contributed by atoms with E-state index in [9.17, 15) is 17.2 Å². The average molecular weight is 371 g/mol. The molecule has 2 heterocycles. The molecule has 2 aromatic rings. The molecule has 1 aliphatic heterocycles. The van der Waals surface area contributed by atoms with Gasteiger partial charge in [-0.1, -0.05) is 0 Å². The Morgan fingerprint density at radius 3 is 2.52 bits per heavy atom. The summed E-state index contributed by atoms with van der Waals surface area (Å²) in [6, 6.07) is 5.52. The number of anilines is 1. The summed E-state index contributed by atoms with van der Waals surface area (Å²) in [5, 5.41) is 4.17. The van der Waals surface area contributed by atoms with Gasteiger partial charge in [0.2, 0.25) is 9.84 Å². The molecule has 1 atom stereocenters. The topological polar surface area (TPSA) is 64.4 Å². The van der Waals surface area contributed by atoms with Crippen LogP contribution < -0.4 is 4.90 Å². The van der Waals surface area contributed by atoms with E-state index in [1.807, 2.05) is 25.1 Å². The van der Waals surface area contributed by atoms with Gasteiger partial charge in [-0.3, -0.25) is 4.68 Å². The minimum Gasteiger partial charge on any atom is -0.367 e. The number of hydrogen-bond donors (Lipinski definition) is 0. The maximum Gasteiger partial charge on any atom is 0.341 e. The molecule has 1 aromatic heterocycles. The van der Waals surface area contributed by atoms with Crippen LogP contribution >= 0.6 is 0 Å². The first kappa shape index (κ1) is 17.8. The zero-order valence-electron chi connectivity index (χ0n) is 13.9. The summed E-state index contributed by atoms with van der Waals surface area (Å²) in [4.78, 5) is 1.66. The van der Waals surface area contributed by atoms with Gasteiger partial charge in [0.25, 0.3) is 0 Å². The monoisotopic (exact) mass is 371 g/mol. The van der Waals surface area contributed by atoms with Crippen molar-refractivity contribution in [3.8, 4) is 0 Å². The van der Waals surface area contributed by atoms with Gasteiger partial charge in [0.05, 0.1) is 24.2 Å². The molecule has 136 valence electrons. The van der Waals surface area contributed by atoms with Gasteiger partial charge in [-0.25, -0.2) is 8.42 Å². The molecule has 9 heteroatoms. The molecule has 0 N–H and O–H groups in total. The summed E-state index contributed by atoms with van der Waals surface area (Å²) >= 11 is 0. The molecular weight excluding hydrogens is 352 g/mol. The van der Waals surface area contributed by atoms with Crippen molar-refractivity contribution in [2.75, 3.05) is 24.6 Å². The van der Waals surface area contributed by atoms with Crippen LogP contribution in [0.5, 0.6) is 0 Å². The summed E-state index contributed by atoms with van der Waals surface area (Å²) < 4.78 is 55.9. The first-order valence-corrected chi connectivity index (χ1v) is 9.27. The number of sulfone groups is 1. The smallest absolute Gasteiger partial charge is 0.341 e. The van der Waals surface area contributed by atoms with Crippen molar-refractivity contribution in [2.45, 2.75) is 23.2 Å². The van der Waals surface area contributed by atoms with Crippen LogP contribution in [0.15, 0.2) is 41.6 Å². The molecule has 0 spiro atoms. The minimum absolute atomic E-state index is 0.380. The fraction of sp³-hybridized carbons (Fsp3) is 0.438. The van der Waals surface area contributed by atoms with Gasteiger partial charge in [-0.05, 0) is 31.2 Å². The fourth-order valence-electron chi connectivity index (χ4n) is 2.91. The van der Waals surface area contributed by atoms with Crippen molar-refractivity contribution in [2.24, 2.45) is 7.05 Å². The van der Waals surface area contributed by atoms with Crippen LogP contribution in [0, 0.1) is 0 Å². The van der Waals surface area contributed by atoms with Gasteiger partial charge >= 0.3 is 5.76 Å². The number of halogens is 2. The summed E-state index contributed by atoms with van der Waals surface area (Å²) in [7, 11) is -2.75. The Morgan fingerprint density at radius 2 is 1.96 bits per heavy atom. The summed E-state index contributed by atoms with van der Waals surface area (Å²) in [5.41, 5.74) is 1.14. The van der Waals surface area contributed by atoms with E-state index in [-0.39, 0.29) is 4.90 Å². The molecular formula is C16H19F2N3O3S. The second-order valence-electron chi connectivity index (χ2n) is 6.20. The average Bonchev–Trinajstić information content (AvgIpc) is 3.02. The molecule has 1 aliphatic rings. The lowest BCUT2D eigenvalue weighted by molar-refractivity contribution is -0.0466. The van der Waals surface area contributed by atoms with Crippen molar-refractivity contribution in [3.63, 3.8) is 0 Å². The SMILES string of the molecule is Cn1cc(C2(C)CN(c3ccc(S(=O)(=O)C(F)F)cc3)CCO2)cn1. The van der Waals surface area contributed by atoms with Gasteiger partial charge in [-0.15, -0.1) is 0 Å². The highest BCUT2D eigenvalue weighted by Gasteiger charge is 2.35. The number of alkyl halides is 2. The van der Waals surface area contributed by atoms with Crippen LogP contribution in [0.3, 0.4) is 0 Å². The lowest BCUT2D eigenvalue weighted by atomic mass is 9.96. The van der Waals surface area contributed by atoms with E-state index >= 15 is 0 Å². The van der Waals surface area contributed by atoms with Crippen molar-refractivity contribution in [1.29, 1.82) is 0 Å². The van der Waals surface area contributed by atoms with Crippen LogP contribution in [-0.4, -0.2) is 43.7 Å². The Labute approximate surface area is 144 Å². The van der Waals surface area contributed by atoms with Crippen LogP contribution in [-0.2, 0) is 27.2 Å². The zero-order chi connectivity index (χ0) is 18.2. The van der Waals surface area contributed by atoms with Crippen molar-refractivity contribution >= 4 is 15.5 Å². The maximum atomic E-state index is 12.6. The molecule has 1 fully saturated rings. The molecule has 1 aromatic carbocycles. The van der Waals surface area contributed by atoms with Crippen LogP contribution in [0.4, 0.5) is 14.5 Å². The Hall–Kier alpha value is -2.00. The number of aromatic nitrogens is 2. The first-order valence-electron chi connectivity index (χ1n) is 7.72. The number of aryl methyl sites for hydroxylation is 1. The Balaban J connectivity index is 1.82. The number of nitrogens with zero attached hydrogens (tertiary/aromatic N) is 3. The highest BCUT2D eigenvalue weighted by Crippen LogP contribution is 2.32. The molecule has 0 amide bonds. The Kier molecular flexibility index (Phi) is 4.54. The Bertz CT molecular complexity index is 852. The molecule has 1 saturated heterocycles. The van der Waals surface area contributed by atoms with Gasteiger partial charge in [0.1, 0.15) is 5.60 Å². The fourth-order valence-corrected chi connectivity index (χ4v) is 3.63. The lowest BCUT2D eigenvalue weighted by Gasteiger charge is -2.41. The molecule has 0 radical (unpaired) electrons. The van der Waals surface area contributed by atoms with E-state index in [0.717, 1.165) is 11.3 Å². The highest BCUT2D eigenvalue weighted by atomic mass is 32.2. The van der Waals surface area contributed by atoms with Crippen molar-refractivity contribution in [1.82, 2.24) is 9.78 Å². The molecule has 0 saturated carbocycles. The van der Waals surface area contributed by atoms with Gasteiger partial charge in [0.15, 0.2) is 0 Å². The molecule has 6 nitrogen and oxygen atoms in total. The van der Waals surface area contributed by atoms with E-state index < -0.39 is 21.2 Å². The highest BCUT2D eigenvalue weighted by molar-refractivity contribution is 7.91. The first-order chi connectivity index (χ1) is 11.7. The molecule has 3 rings (SSSR count). The third kappa shape index (κ3) is 3.38. The molecule has 0 aliphatic carbocycles.